The second-order valence-corrected chi connectivity index (χ2v) is 17.7. The van der Waals surface area contributed by atoms with Gasteiger partial charge in [0.15, 0.2) is 11.5 Å². The van der Waals surface area contributed by atoms with E-state index in [0.29, 0.717) is 44.0 Å². The molecule has 46 heavy (non-hydrogen) atoms. The lowest BCUT2D eigenvalue weighted by Gasteiger charge is -2.66. The largest absolute Gasteiger partial charge is 0.339 e. The van der Waals surface area contributed by atoms with Crippen LogP contribution in [0, 0.1) is 10.8 Å². The molecule has 4 bridgehead atoms. The fraction of sp³-hybridized carbons (Fsp3) is 0.611. The van der Waals surface area contributed by atoms with Crippen LogP contribution in [0.2, 0.25) is 0 Å². The molecule has 0 aromatic carbocycles. The van der Waals surface area contributed by atoms with E-state index >= 15 is 0 Å². The lowest BCUT2D eigenvalue weighted by Crippen LogP contribution is -2.65. The fourth-order valence-corrected chi connectivity index (χ4v) is 10.1. The van der Waals surface area contributed by atoms with Gasteiger partial charge in [-0.15, -0.1) is 11.3 Å². The number of hydrogen-bond acceptors (Lipinski definition) is 8. The van der Waals surface area contributed by atoms with Crippen molar-refractivity contribution in [1.82, 2.24) is 25.1 Å². The third-order valence-corrected chi connectivity index (χ3v) is 13.1. The Hall–Kier alpha value is -3.27. The number of hydrogen-bond donors (Lipinski definition) is 0. The van der Waals surface area contributed by atoms with E-state index in [9.17, 15) is 9.18 Å². The molecule has 7 saturated carbocycles. The Morgan fingerprint density at radius 3 is 2.35 bits per heavy atom. The Labute approximate surface area is 272 Å². The highest BCUT2D eigenvalue weighted by Gasteiger charge is 2.69. The second-order valence-electron chi connectivity index (χ2n) is 16.6. The Morgan fingerprint density at radius 2 is 1.70 bits per heavy atom. The molecule has 240 valence electrons. The molecule has 4 aromatic rings. The molecule has 0 unspecified atom stereocenters. The molecule has 7 aliphatic carbocycles. The van der Waals surface area contributed by atoms with Gasteiger partial charge in [-0.05, 0) is 93.6 Å². The van der Waals surface area contributed by atoms with Crippen molar-refractivity contribution >= 4 is 33.3 Å². The second kappa shape index (κ2) is 9.64. The van der Waals surface area contributed by atoms with Gasteiger partial charge in [0.05, 0.1) is 21.6 Å². The zero-order valence-electron chi connectivity index (χ0n) is 26.9. The number of aromatic nitrogens is 5. The van der Waals surface area contributed by atoms with Gasteiger partial charge in [-0.2, -0.15) is 4.98 Å². The number of amides is 1. The van der Waals surface area contributed by atoms with Crippen molar-refractivity contribution in [2.24, 2.45) is 10.8 Å². The van der Waals surface area contributed by atoms with E-state index in [-0.39, 0.29) is 27.6 Å². The number of pyridine rings is 2. The number of thiazole rings is 1. The Kier molecular flexibility index (Phi) is 6.06. The molecular weight excluding hydrogens is 600 g/mol. The van der Waals surface area contributed by atoms with Crippen LogP contribution in [0.1, 0.15) is 120 Å². The van der Waals surface area contributed by atoms with Crippen LogP contribution in [0.4, 0.5) is 10.1 Å². The average molecular weight is 641 g/mol. The summed E-state index contributed by atoms with van der Waals surface area (Å²) in [5.74, 6) is 2.24. The van der Waals surface area contributed by atoms with Gasteiger partial charge in [0.2, 0.25) is 11.8 Å². The minimum absolute atomic E-state index is 0.0209. The summed E-state index contributed by atoms with van der Waals surface area (Å²) < 4.78 is 21.3. The maximum absolute atomic E-state index is 14.5. The average Bonchev–Trinajstić information content (AvgIpc) is 3.56. The van der Waals surface area contributed by atoms with Crippen LogP contribution in [0.15, 0.2) is 35.2 Å². The Bertz CT molecular complexity index is 1830. The van der Waals surface area contributed by atoms with Crippen LogP contribution >= 0.6 is 11.3 Å². The van der Waals surface area contributed by atoms with Gasteiger partial charge >= 0.3 is 0 Å². The number of halogens is 1. The van der Waals surface area contributed by atoms with Gasteiger partial charge in [-0.25, -0.2) is 14.4 Å². The van der Waals surface area contributed by atoms with Gasteiger partial charge in [-0.1, -0.05) is 25.9 Å². The summed E-state index contributed by atoms with van der Waals surface area (Å²) in [6, 6.07) is 4.25. The zero-order valence-corrected chi connectivity index (χ0v) is 27.8. The summed E-state index contributed by atoms with van der Waals surface area (Å²) >= 11 is 1.74. The molecule has 0 spiro atoms. The molecule has 0 aliphatic heterocycles. The maximum atomic E-state index is 14.5. The standard InChI is InChI=1S/C36H41FN6O2S/c1-32(2,3)31-41-30(42-45-31)35-9-6-33(7-10-35,8-11-35)21-43(27(44)14-34-18-36(37,19-34)20-34)25-12-23(15-38-17-25)24-13-26-28(39-16-24)40-29(46-26)22-4-5-22/h12-13,15-17,22H,4-11,14,18-21H2,1-3H3. The van der Waals surface area contributed by atoms with Crippen molar-refractivity contribution in [3.05, 3.63) is 47.4 Å². The minimum atomic E-state index is -1.02. The van der Waals surface area contributed by atoms with Crippen molar-refractivity contribution in [3.63, 3.8) is 0 Å². The summed E-state index contributed by atoms with van der Waals surface area (Å²) in [5.41, 5.74) is 2.15. The van der Waals surface area contributed by atoms with Crippen LogP contribution in [0.3, 0.4) is 0 Å². The molecule has 7 aliphatic rings. The first-order valence-corrected chi connectivity index (χ1v) is 17.8. The Balaban J connectivity index is 0.993. The maximum Gasteiger partial charge on any atom is 0.232 e. The fourth-order valence-electron chi connectivity index (χ4n) is 8.94. The molecule has 4 aromatic heterocycles. The zero-order chi connectivity index (χ0) is 31.5. The molecule has 10 heteroatoms. The summed E-state index contributed by atoms with van der Waals surface area (Å²) in [4.78, 5) is 35.2. The molecule has 1 amide bonds. The lowest BCUT2D eigenvalue weighted by atomic mass is 9.41. The lowest BCUT2D eigenvalue weighted by molar-refractivity contribution is -0.215. The highest BCUT2D eigenvalue weighted by atomic mass is 32.1. The van der Waals surface area contributed by atoms with Crippen molar-refractivity contribution in [1.29, 1.82) is 0 Å². The number of fused-ring (bicyclic) bond motifs is 4. The molecule has 0 radical (unpaired) electrons. The summed E-state index contributed by atoms with van der Waals surface area (Å²) in [5, 5.41) is 5.66. The van der Waals surface area contributed by atoms with E-state index in [0.717, 1.165) is 71.5 Å². The topological polar surface area (TPSA) is 97.9 Å². The summed E-state index contributed by atoms with van der Waals surface area (Å²) in [6.07, 6.45) is 16.0. The number of anilines is 1. The SMILES string of the molecule is CC(C)(C)c1nc(C23CCC(CN(C(=O)CC45CC(F)(C4)C5)c4cncc(-c5cnc6nc(C7CC7)sc6c5)c4)(CC2)CC3)no1. The Morgan fingerprint density at radius 1 is 0.978 bits per heavy atom. The van der Waals surface area contributed by atoms with Crippen LogP contribution in [-0.2, 0) is 15.6 Å². The van der Waals surface area contributed by atoms with Gasteiger partial charge in [0.1, 0.15) is 5.67 Å². The van der Waals surface area contributed by atoms with E-state index in [4.69, 9.17) is 14.5 Å². The highest BCUT2D eigenvalue weighted by Crippen LogP contribution is 2.71. The molecule has 11 rings (SSSR count). The first kappa shape index (κ1) is 28.9. The van der Waals surface area contributed by atoms with E-state index in [1.807, 2.05) is 23.5 Å². The van der Waals surface area contributed by atoms with Crippen molar-refractivity contribution in [3.8, 4) is 11.1 Å². The van der Waals surface area contributed by atoms with Crippen LogP contribution < -0.4 is 4.90 Å². The monoisotopic (exact) mass is 640 g/mol. The number of nitrogens with zero attached hydrogens (tertiary/aromatic N) is 6. The first-order chi connectivity index (χ1) is 21.9. The highest BCUT2D eigenvalue weighted by molar-refractivity contribution is 7.18. The van der Waals surface area contributed by atoms with Crippen LogP contribution in [0.5, 0.6) is 0 Å². The number of carbonyl (C=O) groups excluding carboxylic acids is 1. The quantitative estimate of drug-likeness (QED) is 0.191. The smallest absolute Gasteiger partial charge is 0.232 e. The van der Waals surface area contributed by atoms with E-state index in [2.05, 4.69) is 48.0 Å². The minimum Gasteiger partial charge on any atom is -0.339 e. The molecular formula is C36H41FN6O2S. The number of rotatable bonds is 8. The van der Waals surface area contributed by atoms with E-state index < -0.39 is 5.67 Å². The van der Waals surface area contributed by atoms with Crippen molar-refractivity contribution in [2.45, 2.75) is 120 Å². The number of alkyl halides is 1. The third kappa shape index (κ3) is 4.72. The van der Waals surface area contributed by atoms with Crippen molar-refractivity contribution < 1.29 is 13.7 Å². The van der Waals surface area contributed by atoms with Gasteiger partial charge in [-0.3, -0.25) is 9.78 Å². The van der Waals surface area contributed by atoms with Gasteiger partial charge in [0, 0.05) is 53.2 Å². The van der Waals surface area contributed by atoms with Crippen molar-refractivity contribution in [2.75, 3.05) is 11.4 Å². The molecule has 0 atom stereocenters. The molecule has 4 heterocycles. The van der Waals surface area contributed by atoms with Gasteiger partial charge < -0.3 is 9.42 Å². The predicted octanol–water partition coefficient (Wildman–Crippen LogP) is 8.22. The molecule has 0 saturated heterocycles. The normalized spacial score (nSPS) is 31.5. The molecule has 8 nitrogen and oxygen atoms in total. The first-order valence-electron chi connectivity index (χ1n) is 17.0. The van der Waals surface area contributed by atoms with Crippen LogP contribution in [-0.4, -0.2) is 43.2 Å². The molecule has 0 N–H and O–H groups in total. The van der Waals surface area contributed by atoms with E-state index in [1.165, 1.54) is 17.8 Å². The molecule has 7 fully saturated rings. The number of carbonyl (C=O) groups is 1. The van der Waals surface area contributed by atoms with E-state index in [1.54, 1.807) is 11.3 Å². The predicted molar refractivity (Wildman–Crippen MR) is 175 cm³/mol. The summed E-state index contributed by atoms with van der Waals surface area (Å²) in [7, 11) is 0. The third-order valence-electron chi connectivity index (χ3n) is 11.9. The van der Waals surface area contributed by atoms with Gasteiger partial charge in [0.25, 0.3) is 0 Å². The van der Waals surface area contributed by atoms with Crippen LogP contribution in [0.25, 0.3) is 21.5 Å². The summed E-state index contributed by atoms with van der Waals surface area (Å²) in [6.45, 7) is 6.96.